The molecule has 1 aromatic carbocycles. The van der Waals surface area contributed by atoms with Gasteiger partial charge in [0.25, 0.3) is 0 Å². The van der Waals surface area contributed by atoms with Crippen LogP contribution in [0.3, 0.4) is 0 Å². The maximum atomic E-state index is 12.3. The summed E-state index contributed by atoms with van der Waals surface area (Å²) in [5, 5.41) is 0. The highest BCUT2D eigenvalue weighted by atomic mass is 79.9. The summed E-state index contributed by atoms with van der Waals surface area (Å²) in [5.41, 5.74) is 0.613. The van der Waals surface area contributed by atoms with Crippen molar-refractivity contribution in [2.45, 2.75) is 31.8 Å². The average molecular weight is 340 g/mol. The van der Waals surface area contributed by atoms with Crippen LogP contribution in [0.15, 0.2) is 28.7 Å². The summed E-state index contributed by atoms with van der Waals surface area (Å²) in [6.45, 7) is 0.980. The second-order valence-electron chi connectivity index (χ2n) is 5.73. The van der Waals surface area contributed by atoms with Gasteiger partial charge in [0.05, 0.1) is 5.56 Å². The maximum absolute atomic E-state index is 12.3. The minimum Gasteiger partial charge on any atom is -0.458 e. The molecule has 20 heavy (non-hydrogen) atoms. The largest absolute Gasteiger partial charge is 0.458 e. The molecule has 0 spiro atoms. The Morgan fingerprint density at radius 3 is 2.70 bits per heavy atom. The lowest BCUT2D eigenvalue weighted by Crippen LogP contribution is -2.36. The van der Waals surface area contributed by atoms with Crippen LogP contribution in [0.4, 0.5) is 0 Å². The van der Waals surface area contributed by atoms with Gasteiger partial charge in [-0.3, -0.25) is 0 Å². The van der Waals surface area contributed by atoms with Crippen LogP contribution >= 0.6 is 15.9 Å². The Morgan fingerprint density at radius 1 is 1.30 bits per heavy atom. The van der Waals surface area contributed by atoms with E-state index in [1.165, 1.54) is 6.42 Å². The van der Waals surface area contributed by atoms with Gasteiger partial charge in [0.1, 0.15) is 6.10 Å². The third-order valence-corrected chi connectivity index (χ3v) is 4.48. The van der Waals surface area contributed by atoms with Gasteiger partial charge in [-0.05, 0) is 61.4 Å². The van der Waals surface area contributed by atoms with Crippen LogP contribution in [0, 0.1) is 5.92 Å². The minimum atomic E-state index is -0.215. The van der Waals surface area contributed by atoms with Crippen molar-refractivity contribution < 1.29 is 9.53 Å². The Kier molecular flexibility index (Phi) is 5.61. The van der Waals surface area contributed by atoms with E-state index < -0.39 is 0 Å². The van der Waals surface area contributed by atoms with E-state index in [4.69, 9.17) is 4.74 Å². The van der Waals surface area contributed by atoms with Crippen LogP contribution in [0.5, 0.6) is 0 Å². The standard InChI is InChI=1S/C16H22BrNO2/c1-18(2)11-12-7-3-6-10-15(12)20-16(19)13-8-4-5-9-14(13)17/h4-5,8-9,12,15H,3,6-7,10-11H2,1-2H3. The molecule has 2 atom stereocenters. The molecule has 0 radical (unpaired) electrons. The molecule has 110 valence electrons. The van der Waals surface area contributed by atoms with Gasteiger partial charge < -0.3 is 9.64 Å². The van der Waals surface area contributed by atoms with Gasteiger partial charge in [-0.2, -0.15) is 0 Å². The molecule has 1 aliphatic rings. The van der Waals surface area contributed by atoms with Crippen LogP contribution < -0.4 is 0 Å². The SMILES string of the molecule is CN(C)CC1CCCCC1OC(=O)c1ccccc1Br. The highest BCUT2D eigenvalue weighted by Gasteiger charge is 2.29. The Morgan fingerprint density at radius 2 is 2.00 bits per heavy atom. The topological polar surface area (TPSA) is 29.5 Å². The molecule has 0 aromatic heterocycles. The van der Waals surface area contributed by atoms with Crippen LogP contribution in [0.2, 0.25) is 0 Å². The first kappa shape index (κ1) is 15.5. The van der Waals surface area contributed by atoms with E-state index in [1.807, 2.05) is 18.2 Å². The van der Waals surface area contributed by atoms with E-state index in [0.717, 1.165) is 30.3 Å². The Bertz CT molecular complexity index is 462. The molecular weight excluding hydrogens is 318 g/mol. The summed E-state index contributed by atoms with van der Waals surface area (Å²) < 4.78 is 6.57. The zero-order valence-electron chi connectivity index (χ0n) is 12.1. The Balaban J connectivity index is 2.03. The van der Waals surface area contributed by atoms with E-state index in [1.54, 1.807) is 6.07 Å². The van der Waals surface area contributed by atoms with Gasteiger partial charge in [-0.15, -0.1) is 0 Å². The molecule has 1 fully saturated rings. The molecule has 0 heterocycles. The van der Waals surface area contributed by atoms with Crippen molar-refractivity contribution in [2.75, 3.05) is 20.6 Å². The van der Waals surface area contributed by atoms with E-state index in [9.17, 15) is 4.79 Å². The first-order chi connectivity index (χ1) is 9.58. The zero-order chi connectivity index (χ0) is 14.5. The monoisotopic (exact) mass is 339 g/mol. The van der Waals surface area contributed by atoms with Gasteiger partial charge in [0.2, 0.25) is 0 Å². The molecule has 0 bridgehead atoms. The van der Waals surface area contributed by atoms with Gasteiger partial charge in [0, 0.05) is 16.9 Å². The highest BCUT2D eigenvalue weighted by molar-refractivity contribution is 9.10. The summed E-state index contributed by atoms with van der Waals surface area (Å²) >= 11 is 3.41. The van der Waals surface area contributed by atoms with E-state index in [2.05, 4.69) is 34.9 Å². The summed E-state index contributed by atoms with van der Waals surface area (Å²) in [6, 6.07) is 7.43. The van der Waals surface area contributed by atoms with Crippen LogP contribution in [-0.2, 0) is 4.74 Å². The van der Waals surface area contributed by atoms with Crippen LogP contribution in [0.1, 0.15) is 36.0 Å². The number of hydrogen-bond acceptors (Lipinski definition) is 3. The van der Waals surface area contributed by atoms with E-state index >= 15 is 0 Å². The Labute approximate surface area is 129 Å². The van der Waals surface area contributed by atoms with Gasteiger partial charge >= 0.3 is 5.97 Å². The molecule has 0 saturated heterocycles. The van der Waals surface area contributed by atoms with Crippen molar-refractivity contribution in [1.29, 1.82) is 0 Å². The molecule has 0 aliphatic heterocycles. The Hall–Kier alpha value is -0.870. The summed E-state index contributed by atoms with van der Waals surface area (Å²) in [7, 11) is 4.14. The molecule has 3 nitrogen and oxygen atoms in total. The van der Waals surface area contributed by atoms with Crippen molar-refractivity contribution in [3.63, 3.8) is 0 Å². The smallest absolute Gasteiger partial charge is 0.339 e. The van der Waals surface area contributed by atoms with E-state index in [0.29, 0.717) is 11.5 Å². The van der Waals surface area contributed by atoms with Crippen LogP contribution in [0.25, 0.3) is 0 Å². The molecule has 1 aromatic rings. The fourth-order valence-electron chi connectivity index (χ4n) is 2.83. The van der Waals surface area contributed by atoms with Gasteiger partial charge in [0.15, 0.2) is 0 Å². The lowest BCUT2D eigenvalue weighted by atomic mass is 9.86. The molecule has 1 saturated carbocycles. The normalized spacial score (nSPS) is 22.8. The molecule has 1 aliphatic carbocycles. The molecular formula is C16H22BrNO2. The summed E-state index contributed by atoms with van der Waals surface area (Å²) in [5.74, 6) is 0.235. The number of nitrogens with zero attached hydrogens (tertiary/aromatic N) is 1. The summed E-state index contributed by atoms with van der Waals surface area (Å²) in [4.78, 5) is 14.5. The third kappa shape index (κ3) is 4.06. The number of carbonyl (C=O) groups is 1. The minimum absolute atomic E-state index is 0.0470. The number of esters is 1. The second kappa shape index (κ2) is 7.23. The highest BCUT2D eigenvalue weighted by Crippen LogP contribution is 2.29. The summed E-state index contributed by atoms with van der Waals surface area (Å²) in [6.07, 6.45) is 4.56. The fourth-order valence-corrected chi connectivity index (χ4v) is 3.28. The fraction of sp³-hybridized carbons (Fsp3) is 0.562. The first-order valence-corrected chi connectivity index (χ1v) is 7.97. The average Bonchev–Trinajstić information content (AvgIpc) is 2.41. The van der Waals surface area contributed by atoms with E-state index in [-0.39, 0.29) is 12.1 Å². The predicted molar refractivity (Wildman–Crippen MR) is 83.9 cm³/mol. The first-order valence-electron chi connectivity index (χ1n) is 7.18. The predicted octanol–water partition coefficient (Wildman–Crippen LogP) is 3.73. The lowest BCUT2D eigenvalue weighted by Gasteiger charge is -2.33. The number of rotatable bonds is 4. The third-order valence-electron chi connectivity index (χ3n) is 3.79. The van der Waals surface area contributed by atoms with Gasteiger partial charge in [-0.1, -0.05) is 18.6 Å². The van der Waals surface area contributed by atoms with Crippen molar-refractivity contribution in [2.24, 2.45) is 5.92 Å². The second-order valence-corrected chi connectivity index (χ2v) is 6.58. The molecule has 2 rings (SSSR count). The molecule has 2 unspecified atom stereocenters. The maximum Gasteiger partial charge on any atom is 0.339 e. The number of benzene rings is 1. The quantitative estimate of drug-likeness (QED) is 0.783. The number of halogens is 1. The van der Waals surface area contributed by atoms with Crippen molar-refractivity contribution >= 4 is 21.9 Å². The van der Waals surface area contributed by atoms with Crippen molar-refractivity contribution in [3.05, 3.63) is 34.3 Å². The molecule has 4 heteroatoms. The van der Waals surface area contributed by atoms with Crippen LogP contribution in [-0.4, -0.2) is 37.6 Å². The number of ether oxygens (including phenoxy) is 1. The lowest BCUT2D eigenvalue weighted by molar-refractivity contribution is -0.00333. The molecule has 0 amide bonds. The molecule has 0 N–H and O–H groups in total. The number of hydrogen-bond donors (Lipinski definition) is 0. The van der Waals surface area contributed by atoms with Crippen molar-refractivity contribution in [3.8, 4) is 0 Å². The van der Waals surface area contributed by atoms with Gasteiger partial charge in [-0.25, -0.2) is 4.79 Å². The zero-order valence-corrected chi connectivity index (χ0v) is 13.7. The van der Waals surface area contributed by atoms with Crippen molar-refractivity contribution in [1.82, 2.24) is 4.90 Å². The number of carbonyl (C=O) groups excluding carboxylic acids is 1.